The minimum Gasteiger partial charge on any atom is -0.133 e. The molecular weight excluding hydrogens is 216 g/mol. The molecule has 0 saturated heterocycles. The van der Waals surface area contributed by atoms with E-state index in [9.17, 15) is 0 Å². The molecule has 0 N–H and O–H groups in total. The molecule has 74 valence electrons. The molecular formula is C10H16S3. The lowest BCUT2D eigenvalue weighted by Crippen LogP contribution is -1.76. The number of thiophene rings is 1. The molecule has 0 saturated carbocycles. The lowest BCUT2D eigenvalue weighted by Gasteiger charge is -1.92. The van der Waals surface area contributed by atoms with Gasteiger partial charge in [-0.15, -0.1) is 34.9 Å². The standard InChI is InChI=1S/C10H16S3/c1-4-5-6-8-7-9(11-2)10(12-3)13-8/h7H,4-6H2,1-3H3. The summed E-state index contributed by atoms with van der Waals surface area (Å²) in [5.74, 6) is 0. The number of thioether (sulfide) groups is 2. The molecule has 0 spiro atoms. The molecule has 0 fully saturated rings. The fraction of sp³-hybridized carbons (Fsp3) is 0.600. The van der Waals surface area contributed by atoms with Gasteiger partial charge in [-0.2, -0.15) is 0 Å². The Balaban J connectivity index is 2.68. The van der Waals surface area contributed by atoms with E-state index in [1.807, 2.05) is 34.9 Å². The van der Waals surface area contributed by atoms with E-state index in [4.69, 9.17) is 0 Å². The first-order valence-corrected chi connectivity index (χ1v) is 7.79. The Hall–Kier alpha value is 0.400. The van der Waals surface area contributed by atoms with Gasteiger partial charge < -0.3 is 0 Å². The Labute approximate surface area is 93.5 Å². The zero-order chi connectivity index (χ0) is 9.68. The third-order valence-electron chi connectivity index (χ3n) is 1.90. The van der Waals surface area contributed by atoms with Crippen molar-refractivity contribution in [1.29, 1.82) is 0 Å². The SMILES string of the molecule is CCCCc1cc(SC)c(SC)s1. The fourth-order valence-corrected chi connectivity index (χ4v) is 4.27. The predicted octanol–water partition coefficient (Wildman–Crippen LogP) is 4.53. The number of unbranched alkanes of at least 4 members (excludes halogenated alkanes) is 1. The van der Waals surface area contributed by atoms with E-state index in [1.54, 1.807) is 4.88 Å². The highest BCUT2D eigenvalue weighted by molar-refractivity contribution is 8.03. The molecule has 0 aliphatic carbocycles. The number of aryl methyl sites for hydroxylation is 1. The normalized spacial score (nSPS) is 10.7. The van der Waals surface area contributed by atoms with Gasteiger partial charge in [0.05, 0.1) is 4.21 Å². The predicted molar refractivity (Wildman–Crippen MR) is 66.5 cm³/mol. The van der Waals surface area contributed by atoms with Crippen molar-refractivity contribution < 1.29 is 0 Å². The van der Waals surface area contributed by atoms with Crippen molar-refractivity contribution in [1.82, 2.24) is 0 Å². The summed E-state index contributed by atoms with van der Waals surface area (Å²) in [4.78, 5) is 3.01. The second-order valence-corrected chi connectivity index (χ2v) is 5.94. The lowest BCUT2D eigenvalue weighted by atomic mass is 10.2. The van der Waals surface area contributed by atoms with Crippen LogP contribution in [0.2, 0.25) is 0 Å². The second-order valence-electron chi connectivity index (χ2n) is 2.88. The first kappa shape index (κ1) is 11.5. The molecule has 0 nitrogen and oxygen atoms in total. The van der Waals surface area contributed by atoms with Gasteiger partial charge >= 0.3 is 0 Å². The van der Waals surface area contributed by atoms with Crippen molar-refractivity contribution in [2.45, 2.75) is 35.3 Å². The van der Waals surface area contributed by atoms with E-state index in [0.29, 0.717) is 0 Å². The quantitative estimate of drug-likeness (QED) is 0.684. The Kier molecular flexibility index (Phi) is 5.29. The average Bonchev–Trinajstić information content (AvgIpc) is 2.57. The average molecular weight is 232 g/mol. The highest BCUT2D eigenvalue weighted by Gasteiger charge is 2.06. The van der Waals surface area contributed by atoms with Gasteiger partial charge in [0, 0.05) is 9.77 Å². The summed E-state index contributed by atoms with van der Waals surface area (Å²) in [6.07, 6.45) is 8.19. The molecule has 0 aliphatic heterocycles. The van der Waals surface area contributed by atoms with Crippen molar-refractivity contribution in [2.75, 3.05) is 12.5 Å². The summed E-state index contributed by atoms with van der Waals surface area (Å²) >= 11 is 5.70. The van der Waals surface area contributed by atoms with Gasteiger partial charge in [-0.05, 0) is 31.4 Å². The molecule has 13 heavy (non-hydrogen) atoms. The topological polar surface area (TPSA) is 0 Å². The van der Waals surface area contributed by atoms with Crippen LogP contribution in [0.25, 0.3) is 0 Å². The van der Waals surface area contributed by atoms with Crippen LogP contribution in [0.15, 0.2) is 15.2 Å². The number of rotatable bonds is 5. The molecule has 0 amide bonds. The molecule has 1 aromatic heterocycles. The first-order chi connectivity index (χ1) is 6.31. The van der Waals surface area contributed by atoms with Crippen LogP contribution in [0.4, 0.5) is 0 Å². The first-order valence-electron chi connectivity index (χ1n) is 4.52. The maximum atomic E-state index is 2.36. The van der Waals surface area contributed by atoms with Crippen molar-refractivity contribution >= 4 is 34.9 Å². The van der Waals surface area contributed by atoms with E-state index in [2.05, 4.69) is 25.5 Å². The molecule has 0 unspecified atom stereocenters. The van der Waals surface area contributed by atoms with E-state index < -0.39 is 0 Å². The molecule has 1 aromatic rings. The summed E-state index contributed by atoms with van der Waals surface area (Å²) in [6, 6.07) is 2.36. The molecule has 0 bridgehead atoms. The Morgan fingerprint density at radius 2 is 2.08 bits per heavy atom. The van der Waals surface area contributed by atoms with Gasteiger partial charge in [-0.3, -0.25) is 0 Å². The molecule has 0 aromatic carbocycles. The van der Waals surface area contributed by atoms with Gasteiger partial charge in [0.25, 0.3) is 0 Å². The summed E-state index contributed by atoms with van der Waals surface area (Å²) in [6.45, 7) is 2.25. The second kappa shape index (κ2) is 5.99. The monoisotopic (exact) mass is 232 g/mol. The van der Waals surface area contributed by atoms with Crippen molar-refractivity contribution in [2.24, 2.45) is 0 Å². The van der Waals surface area contributed by atoms with E-state index >= 15 is 0 Å². The molecule has 1 rings (SSSR count). The molecule has 0 atom stereocenters. The van der Waals surface area contributed by atoms with Gasteiger partial charge in [0.1, 0.15) is 0 Å². The van der Waals surface area contributed by atoms with Crippen LogP contribution < -0.4 is 0 Å². The summed E-state index contributed by atoms with van der Waals surface area (Å²) < 4.78 is 1.48. The van der Waals surface area contributed by atoms with Crippen molar-refractivity contribution in [3.63, 3.8) is 0 Å². The summed E-state index contributed by atoms with van der Waals surface area (Å²) in [7, 11) is 0. The van der Waals surface area contributed by atoms with Crippen LogP contribution in [-0.4, -0.2) is 12.5 Å². The van der Waals surface area contributed by atoms with Gasteiger partial charge in [-0.1, -0.05) is 13.3 Å². The van der Waals surface area contributed by atoms with Crippen molar-refractivity contribution in [3.05, 3.63) is 10.9 Å². The highest BCUT2D eigenvalue weighted by Crippen LogP contribution is 2.36. The Bertz CT molecular complexity index is 231. The van der Waals surface area contributed by atoms with Crippen LogP contribution in [-0.2, 0) is 6.42 Å². The fourth-order valence-electron chi connectivity index (χ4n) is 1.16. The minimum atomic E-state index is 1.26. The molecule has 0 aliphatic rings. The maximum Gasteiger partial charge on any atom is 0.0734 e. The van der Waals surface area contributed by atoms with Crippen LogP contribution >= 0.6 is 34.9 Å². The van der Waals surface area contributed by atoms with Gasteiger partial charge in [0.2, 0.25) is 0 Å². The zero-order valence-electron chi connectivity index (χ0n) is 8.42. The minimum absolute atomic E-state index is 1.26. The Morgan fingerprint density at radius 1 is 1.31 bits per heavy atom. The summed E-state index contributed by atoms with van der Waals surface area (Å²) in [5, 5.41) is 0. The molecule has 0 radical (unpaired) electrons. The Morgan fingerprint density at radius 3 is 2.54 bits per heavy atom. The zero-order valence-corrected chi connectivity index (χ0v) is 10.9. The molecule has 3 heteroatoms. The summed E-state index contributed by atoms with van der Waals surface area (Å²) in [5.41, 5.74) is 0. The third-order valence-corrected chi connectivity index (χ3v) is 5.25. The van der Waals surface area contributed by atoms with Crippen LogP contribution in [0.5, 0.6) is 0 Å². The maximum absolute atomic E-state index is 2.36. The highest BCUT2D eigenvalue weighted by atomic mass is 32.2. The van der Waals surface area contributed by atoms with E-state index in [1.165, 1.54) is 28.4 Å². The van der Waals surface area contributed by atoms with E-state index in [0.717, 1.165) is 0 Å². The van der Waals surface area contributed by atoms with Gasteiger partial charge in [-0.25, -0.2) is 0 Å². The van der Waals surface area contributed by atoms with Gasteiger partial charge in [0.15, 0.2) is 0 Å². The largest absolute Gasteiger partial charge is 0.133 e. The lowest BCUT2D eigenvalue weighted by molar-refractivity contribution is 0.803. The smallest absolute Gasteiger partial charge is 0.0734 e. The van der Waals surface area contributed by atoms with Crippen LogP contribution in [0.1, 0.15) is 24.6 Å². The third kappa shape index (κ3) is 3.22. The van der Waals surface area contributed by atoms with Crippen LogP contribution in [0, 0.1) is 0 Å². The number of hydrogen-bond donors (Lipinski definition) is 0. The van der Waals surface area contributed by atoms with E-state index in [-0.39, 0.29) is 0 Å². The van der Waals surface area contributed by atoms with Crippen molar-refractivity contribution in [3.8, 4) is 0 Å². The van der Waals surface area contributed by atoms with Crippen LogP contribution in [0.3, 0.4) is 0 Å². The number of hydrogen-bond acceptors (Lipinski definition) is 3. The molecule has 1 heterocycles.